The summed E-state index contributed by atoms with van der Waals surface area (Å²) >= 11 is 0. The fourth-order valence-electron chi connectivity index (χ4n) is 1.63. The Bertz CT molecular complexity index is 431. The van der Waals surface area contributed by atoms with Gasteiger partial charge in [-0.15, -0.1) is 12.4 Å². The van der Waals surface area contributed by atoms with E-state index in [-0.39, 0.29) is 24.2 Å². The summed E-state index contributed by atoms with van der Waals surface area (Å²) in [6, 6.07) is 4.29. The average Bonchev–Trinajstić information content (AvgIpc) is 2.27. The van der Waals surface area contributed by atoms with Crippen LogP contribution >= 0.6 is 12.4 Å². The molecule has 19 heavy (non-hydrogen) atoms. The molecule has 1 aromatic rings. The SMILES string of the molecule is Cc1cc(F)cc(C(=O)NC(C)(CN)C(C)C)c1.Cl. The molecule has 0 bridgehead atoms. The van der Waals surface area contributed by atoms with Crippen molar-refractivity contribution in [2.45, 2.75) is 33.2 Å². The van der Waals surface area contributed by atoms with E-state index >= 15 is 0 Å². The number of nitrogens with one attached hydrogen (secondary N) is 1. The van der Waals surface area contributed by atoms with Gasteiger partial charge in [0.2, 0.25) is 0 Å². The molecular weight excluding hydrogens is 267 g/mol. The number of carbonyl (C=O) groups excluding carboxylic acids is 1. The van der Waals surface area contributed by atoms with Crippen molar-refractivity contribution >= 4 is 18.3 Å². The highest BCUT2D eigenvalue weighted by atomic mass is 35.5. The van der Waals surface area contributed by atoms with E-state index in [0.717, 1.165) is 5.56 Å². The van der Waals surface area contributed by atoms with Crippen LogP contribution < -0.4 is 11.1 Å². The van der Waals surface area contributed by atoms with Crippen LogP contribution in [0.5, 0.6) is 0 Å². The molecule has 1 unspecified atom stereocenters. The van der Waals surface area contributed by atoms with Gasteiger partial charge in [-0.25, -0.2) is 4.39 Å². The molecule has 0 radical (unpaired) electrons. The Morgan fingerprint density at radius 3 is 2.42 bits per heavy atom. The summed E-state index contributed by atoms with van der Waals surface area (Å²) in [7, 11) is 0. The number of nitrogens with two attached hydrogens (primary N) is 1. The molecule has 1 aromatic carbocycles. The Hall–Kier alpha value is -1.13. The van der Waals surface area contributed by atoms with Crippen molar-refractivity contribution < 1.29 is 9.18 Å². The predicted octanol–water partition coefficient (Wildman–Crippen LogP) is 2.66. The average molecular weight is 289 g/mol. The van der Waals surface area contributed by atoms with Crippen LogP contribution in [0.2, 0.25) is 0 Å². The third kappa shape index (κ3) is 4.48. The van der Waals surface area contributed by atoms with E-state index in [1.165, 1.54) is 12.1 Å². The fraction of sp³-hybridized carbons (Fsp3) is 0.500. The first-order valence-corrected chi connectivity index (χ1v) is 6.08. The molecule has 0 spiro atoms. The highest BCUT2D eigenvalue weighted by Crippen LogP contribution is 2.16. The Balaban J connectivity index is 0.00000324. The second-order valence-corrected chi connectivity index (χ2v) is 5.25. The van der Waals surface area contributed by atoms with Crippen molar-refractivity contribution in [3.8, 4) is 0 Å². The van der Waals surface area contributed by atoms with Gasteiger partial charge in [-0.2, -0.15) is 0 Å². The van der Waals surface area contributed by atoms with Gasteiger partial charge in [0.15, 0.2) is 0 Å². The zero-order chi connectivity index (χ0) is 13.9. The van der Waals surface area contributed by atoms with Crippen molar-refractivity contribution in [3.63, 3.8) is 0 Å². The van der Waals surface area contributed by atoms with Crippen LogP contribution in [0.15, 0.2) is 18.2 Å². The topological polar surface area (TPSA) is 55.1 Å². The maximum absolute atomic E-state index is 13.3. The molecule has 0 aliphatic rings. The van der Waals surface area contributed by atoms with Gasteiger partial charge < -0.3 is 11.1 Å². The molecule has 0 fully saturated rings. The molecule has 0 aromatic heterocycles. The zero-order valence-electron chi connectivity index (χ0n) is 11.8. The van der Waals surface area contributed by atoms with E-state index in [1.807, 2.05) is 20.8 Å². The first-order valence-electron chi connectivity index (χ1n) is 6.08. The molecule has 0 saturated heterocycles. The van der Waals surface area contributed by atoms with Gasteiger partial charge in [0.05, 0.1) is 5.54 Å². The van der Waals surface area contributed by atoms with Gasteiger partial charge in [-0.05, 0) is 43.5 Å². The lowest BCUT2D eigenvalue weighted by Gasteiger charge is -2.33. The van der Waals surface area contributed by atoms with Crippen LogP contribution in [0.25, 0.3) is 0 Å². The first-order chi connectivity index (χ1) is 8.28. The lowest BCUT2D eigenvalue weighted by molar-refractivity contribution is 0.0882. The minimum absolute atomic E-state index is 0. The maximum Gasteiger partial charge on any atom is 0.251 e. The molecule has 3 nitrogen and oxygen atoms in total. The van der Waals surface area contributed by atoms with Crippen molar-refractivity contribution in [3.05, 3.63) is 35.1 Å². The monoisotopic (exact) mass is 288 g/mol. The number of hydrogen-bond donors (Lipinski definition) is 2. The largest absolute Gasteiger partial charge is 0.345 e. The molecule has 5 heteroatoms. The van der Waals surface area contributed by atoms with E-state index in [9.17, 15) is 9.18 Å². The van der Waals surface area contributed by atoms with E-state index in [2.05, 4.69) is 5.32 Å². The van der Waals surface area contributed by atoms with Crippen molar-refractivity contribution in [1.82, 2.24) is 5.32 Å². The van der Waals surface area contributed by atoms with Crippen LogP contribution in [0.3, 0.4) is 0 Å². The second-order valence-electron chi connectivity index (χ2n) is 5.25. The third-order valence-electron chi connectivity index (χ3n) is 3.40. The van der Waals surface area contributed by atoms with E-state index in [0.29, 0.717) is 12.1 Å². The van der Waals surface area contributed by atoms with Gasteiger partial charge in [-0.1, -0.05) is 13.8 Å². The summed E-state index contributed by atoms with van der Waals surface area (Å²) in [4.78, 5) is 12.1. The number of aryl methyl sites for hydroxylation is 1. The molecule has 1 amide bonds. The van der Waals surface area contributed by atoms with Crippen LogP contribution in [0.4, 0.5) is 4.39 Å². The van der Waals surface area contributed by atoms with E-state index in [4.69, 9.17) is 5.73 Å². The highest BCUT2D eigenvalue weighted by Gasteiger charge is 2.29. The van der Waals surface area contributed by atoms with Crippen molar-refractivity contribution in [1.29, 1.82) is 0 Å². The molecule has 1 rings (SSSR count). The van der Waals surface area contributed by atoms with Crippen LogP contribution in [0.1, 0.15) is 36.7 Å². The van der Waals surface area contributed by atoms with Crippen molar-refractivity contribution in [2.24, 2.45) is 11.7 Å². The molecule has 0 aliphatic carbocycles. The van der Waals surface area contributed by atoms with Gasteiger partial charge in [0.25, 0.3) is 5.91 Å². The zero-order valence-corrected chi connectivity index (χ0v) is 12.6. The standard InChI is InChI=1S/C14H21FN2O.ClH/c1-9(2)14(4,8-16)17-13(18)11-5-10(3)6-12(15)7-11;/h5-7,9H,8,16H2,1-4H3,(H,17,18);1H. The Kier molecular flexibility index (Phi) is 6.46. The number of carbonyl (C=O) groups is 1. The quantitative estimate of drug-likeness (QED) is 0.895. The highest BCUT2D eigenvalue weighted by molar-refractivity contribution is 5.94. The Labute approximate surface area is 120 Å². The van der Waals surface area contributed by atoms with Gasteiger partial charge in [0.1, 0.15) is 5.82 Å². The number of hydrogen-bond acceptors (Lipinski definition) is 2. The normalized spacial score (nSPS) is 13.6. The Morgan fingerprint density at radius 1 is 1.42 bits per heavy atom. The van der Waals surface area contributed by atoms with Crippen LogP contribution in [-0.2, 0) is 0 Å². The molecule has 108 valence electrons. The summed E-state index contributed by atoms with van der Waals surface area (Å²) in [5.74, 6) is -0.500. The minimum Gasteiger partial charge on any atom is -0.345 e. The number of halogens is 2. The predicted molar refractivity (Wildman–Crippen MR) is 78.1 cm³/mol. The third-order valence-corrected chi connectivity index (χ3v) is 3.40. The Morgan fingerprint density at radius 2 is 2.00 bits per heavy atom. The number of amides is 1. The first kappa shape index (κ1) is 17.9. The molecule has 0 saturated carbocycles. The second kappa shape index (κ2) is 6.87. The summed E-state index contributed by atoms with van der Waals surface area (Å²) in [5.41, 5.74) is 6.26. The van der Waals surface area contributed by atoms with Crippen LogP contribution in [-0.4, -0.2) is 18.0 Å². The maximum atomic E-state index is 13.3. The minimum atomic E-state index is -0.489. The summed E-state index contributed by atoms with van der Waals surface area (Å²) < 4.78 is 13.3. The van der Waals surface area contributed by atoms with Gasteiger partial charge >= 0.3 is 0 Å². The van der Waals surface area contributed by atoms with Crippen molar-refractivity contribution in [2.75, 3.05) is 6.54 Å². The summed E-state index contributed by atoms with van der Waals surface area (Å²) in [6.45, 7) is 7.96. The number of rotatable bonds is 4. The smallest absolute Gasteiger partial charge is 0.251 e. The van der Waals surface area contributed by atoms with Crippen LogP contribution in [0, 0.1) is 18.7 Å². The lowest BCUT2D eigenvalue weighted by Crippen LogP contribution is -2.55. The molecule has 0 heterocycles. The number of benzene rings is 1. The van der Waals surface area contributed by atoms with E-state index in [1.54, 1.807) is 13.0 Å². The molecule has 1 atom stereocenters. The van der Waals surface area contributed by atoms with Gasteiger partial charge in [0, 0.05) is 12.1 Å². The summed E-state index contributed by atoms with van der Waals surface area (Å²) in [6.07, 6.45) is 0. The molecule has 3 N–H and O–H groups in total. The lowest BCUT2D eigenvalue weighted by atomic mass is 9.88. The summed E-state index contributed by atoms with van der Waals surface area (Å²) in [5, 5.41) is 2.88. The molecule has 0 aliphatic heterocycles. The fourth-order valence-corrected chi connectivity index (χ4v) is 1.63. The van der Waals surface area contributed by atoms with Gasteiger partial charge in [-0.3, -0.25) is 4.79 Å². The molecular formula is C14H22ClFN2O. The van der Waals surface area contributed by atoms with E-state index < -0.39 is 11.4 Å².